The Bertz CT molecular complexity index is 770. The monoisotopic (exact) mass is 396 g/mol. The number of aliphatic carboxylic acids is 1. The number of sulfonamides is 1. The fourth-order valence-corrected chi connectivity index (χ4v) is 4.70. The lowest BCUT2D eigenvalue weighted by Crippen LogP contribution is -2.45. The zero-order valence-electron chi connectivity index (χ0n) is 15.8. The van der Waals surface area contributed by atoms with Crippen molar-refractivity contribution in [2.45, 2.75) is 56.9 Å². The van der Waals surface area contributed by atoms with Gasteiger partial charge in [-0.25, -0.2) is 13.2 Å². The Hall–Kier alpha value is -1.93. The Balaban J connectivity index is 2.23. The summed E-state index contributed by atoms with van der Waals surface area (Å²) in [6.07, 6.45) is 4.28. The van der Waals surface area contributed by atoms with Gasteiger partial charge in [-0.1, -0.05) is 39.2 Å². The maximum atomic E-state index is 12.9. The lowest BCUT2D eigenvalue weighted by molar-refractivity contribution is -0.140. The molecule has 1 heterocycles. The second kappa shape index (κ2) is 9.32. The van der Waals surface area contributed by atoms with Crippen molar-refractivity contribution < 1.29 is 23.1 Å². The average Bonchev–Trinajstić information content (AvgIpc) is 2.95. The van der Waals surface area contributed by atoms with Crippen molar-refractivity contribution in [2.24, 2.45) is 5.92 Å². The first-order chi connectivity index (χ1) is 12.8. The fraction of sp³-hybridized carbons (Fsp3) is 0.579. The molecule has 7 nitrogen and oxygen atoms in total. The van der Waals surface area contributed by atoms with E-state index in [0.29, 0.717) is 19.5 Å². The quantitative estimate of drug-likeness (QED) is 0.737. The van der Waals surface area contributed by atoms with Crippen molar-refractivity contribution in [1.82, 2.24) is 9.62 Å². The van der Waals surface area contributed by atoms with Gasteiger partial charge in [0.25, 0.3) is 5.91 Å². The molecule has 8 heteroatoms. The minimum atomic E-state index is -3.67. The summed E-state index contributed by atoms with van der Waals surface area (Å²) in [5, 5.41) is 11.8. The van der Waals surface area contributed by atoms with Crippen LogP contribution in [-0.4, -0.2) is 48.8 Å². The minimum Gasteiger partial charge on any atom is -0.480 e. The highest BCUT2D eigenvalue weighted by molar-refractivity contribution is 7.89. The van der Waals surface area contributed by atoms with Crippen LogP contribution in [0, 0.1) is 5.92 Å². The smallest absolute Gasteiger partial charge is 0.326 e. The highest BCUT2D eigenvalue weighted by Gasteiger charge is 2.28. The van der Waals surface area contributed by atoms with Crippen LogP contribution < -0.4 is 5.32 Å². The second-order valence-electron chi connectivity index (χ2n) is 7.02. The predicted octanol–water partition coefficient (Wildman–Crippen LogP) is 2.48. The van der Waals surface area contributed by atoms with Crippen molar-refractivity contribution >= 4 is 21.9 Å². The van der Waals surface area contributed by atoms with Crippen LogP contribution >= 0.6 is 0 Å². The van der Waals surface area contributed by atoms with E-state index in [1.165, 1.54) is 28.6 Å². The molecule has 0 radical (unpaired) electrons. The van der Waals surface area contributed by atoms with E-state index in [4.69, 9.17) is 0 Å². The van der Waals surface area contributed by atoms with E-state index in [-0.39, 0.29) is 16.4 Å². The fourth-order valence-electron chi connectivity index (χ4n) is 3.14. The summed E-state index contributed by atoms with van der Waals surface area (Å²) in [4.78, 5) is 24.0. The highest BCUT2D eigenvalue weighted by Crippen LogP contribution is 2.21. The molecule has 2 N–H and O–H groups in total. The molecule has 0 saturated carbocycles. The van der Waals surface area contributed by atoms with Gasteiger partial charge in [0.05, 0.1) is 4.90 Å². The molecule has 1 saturated heterocycles. The summed E-state index contributed by atoms with van der Waals surface area (Å²) in [6, 6.07) is 4.78. The third-order valence-electron chi connectivity index (χ3n) is 5.06. The molecular weight excluding hydrogens is 368 g/mol. The van der Waals surface area contributed by atoms with Crippen LogP contribution in [0.15, 0.2) is 29.2 Å². The minimum absolute atomic E-state index is 0.0625. The topological polar surface area (TPSA) is 104 Å². The van der Waals surface area contributed by atoms with Gasteiger partial charge >= 0.3 is 5.97 Å². The number of carboxylic acids is 1. The van der Waals surface area contributed by atoms with Crippen molar-refractivity contribution in [3.05, 3.63) is 29.8 Å². The molecule has 1 fully saturated rings. The Morgan fingerprint density at radius 3 is 2.37 bits per heavy atom. The van der Waals surface area contributed by atoms with Gasteiger partial charge in [0, 0.05) is 18.7 Å². The van der Waals surface area contributed by atoms with Crippen LogP contribution in [0.1, 0.15) is 56.3 Å². The van der Waals surface area contributed by atoms with Crippen LogP contribution in [0.3, 0.4) is 0 Å². The largest absolute Gasteiger partial charge is 0.480 e. The van der Waals surface area contributed by atoms with Crippen LogP contribution in [-0.2, 0) is 14.8 Å². The standard InChI is InChI=1S/C19H28N2O5S/c1-3-14(2)17(19(23)24)20-18(22)15-9-8-10-16(13-15)27(25,26)21-11-6-4-5-7-12-21/h8-10,13-14,17H,3-7,11-12H2,1-2H3,(H,20,22)(H,23,24)/t14-,17-/m0/s1. The molecule has 1 aliphatic rings. The first kappa shape index (κ1) is 21.4. The Kier molecular flexibility index (Phi) is 7.38. The maximum Gasteiger partial charge on any atom is 0.326 e. The molecule has 1 aromatic carbocycles. The molecule has 0 aromatic heterocycles. The number of rotatable bonds is 7. The van der Waals surface area contributed by atoms with Crippen molar-refractivity contribution in [3.8, 4) is 0 Å². The number of benzene rings is 1. The van der Waals surface area contributed by atoms with Crippen LogP contribution in [0.5, 0.6) is 0 Å². The Morgan fingerprint density at radius 1 is 1.19 bits per heavy atom. The number of carboxylic acid groups (broad SMARTS) is 1. The van der Waals surface area contributed by atoms with E-state index in [9.17, 15) is 23.1 Å². The van der Waals surface area contributed by atoms with E-state index in [1.54, 1.807) is 6.92 Å². The molecule has 1 amide bonds. The van der Waals surface area contributed by atoms with E-state index >= 15 is 0 Å². The predicted molar refractivity (Wildman–Crippen MR) is 102 cm³/mol. The summed E-state index contributed by atoms with van der Waals surface area (Å²) in [5.41, 5.74) is 0.139. The van der Waals surface area contributed by atoms with Gasteiger partial charge in [0.2, 0.25) is 10.0 Å². The number of amides is 1. The molecule has 27 heavy (non-hydrogen) atoms. The molecule has 1 aromatic rings. The maximum absolute atomic E-state index is 12.9. The number of hydrogen-bond donors (Lipinski definition) is 2. The molecule has 2 rings (SSSR count). The first-order valence-corrected chi connectivity index (χ1v) is 10.8. The molecular formula is C19H28N2O5S. The number of carbonyl (C=O) groups is 2. The lowest BCUT2D eigenvalue weighted by Gasteiger charge is -2.21. The second-order valence-corrected chi connectivity index (χ2v) is 8.96. The number of nitrogens with one attached hydrogen (secondary N) is 1. The van der Waals surface area contributed by atoms with Gasteiger partial charge in [0.15, 0.2) is 0 Å². The number of carbonyl (C=O) groups excluding carboxylic acids is 1. The Morgan fingerprint density at radius 2 is 1.81 bits per heavy atom. The van der Waals surface area contributed by atoms with Crippen LogP contribution in [0.2, 0.25) is 0 Å². The summed E-state index contributed by atoms with van der Waals surface area (Å²) in [6.45, 7) is 4.56. The average molecular weight is 397 g/mol. The van der Waals surface area contributed by atoms with Gasteiger partial charge in [-0.3, -0.25) is 4.79 Å². The van der Waals surface area contributed by atoms with Gasteiger partial charge in [-0.2, -0.15) is 4.31 Å². The van der Waals surface area contributed by atoms with Crippen molar-refractivity contribution in [3.63, 3.8) is 0 Å². The van der Waals surface area contributed by atoms with Gasteiger partial charge in [0.1, 0.15) is 6.04 Å². The summed E-state index contributed by atoms with van der Waals surface area (Å²) >= 11 is 0. The number of nitrogens with zero attached hydrogens (tertiary/aromatic N) is 1. The van der Waals surface area contributed by atoms with Gasteiger partial charge in [-0.05, 0) is 37.0 Å². The van der Waals surface area contributed by atoms with E-state index in [1.807, 2.05) is 6.92 Å². The first-order valence-electron chi connectivity index (χ1n) is 9.41. The third kappa shape index (κ3) is 5.29. The third-order valence-corrected chi connectivity index (χ3v) is 6.96. The van der Waals surface area contributed by atoms with Crippen molar-refractivity contribution in [2.75, 3.05) is 13.1 Å². The lowest BCUT2D eigenvalue weighted by atomic mass is 9.99. The van der Waals surface area contributed by atoms with Crippen LogP contribution in [0.4, 0.5) is 0 Å². The Labute approximate surface area is 160 Å². The molecule has 0 aliphatic carbocycles. The molecule has 150 valence electrons. The van der Waals surface area contributed by atoms with Crippen LogP contribution in [0.25, 0.3) is 0 Å². The summed E-state index contributed by atoms with van der Waals surface area (Å²) in [7, 11) is -3.67. The normalized spacial score (nSPS) is 18.3. The molecule has 0 unspecified atom stereocenters. The SMILES string of the molecule is CC[C@H](C)[C@H](NC(=O)c1cccc(S(=O)(=O)N2CCCCCC2)c1)C(=O)O. The van der Waals surface area contributed by atoms with E-state index in [2.05, 4.69) is 5.32 Å². The zero-order chi connectivity index (χ0) is 20.0. The van der Waals surface area contributed by atoms with Gasteiger partial charge in [-0.15, -0.1) is 0 Å². The molecule has 2 atom stereocenters. The summed E-state index contributed by atoms with van der Waals surface area (Å²) in [5.74, 6) is -1.93. The number of hydrogen-bond acceptors (Lipinski definition) is 4. The summed E-state index contributed by atoms with van der Waals surface area (Å²) < 4.78 is 27.3. The van der Waals surface area contributed by atoms with Gasteiger partial charge < -0.3 is 10.4 Å². The van der Waals surface area contributed by atoms with E-state index in [0.717, 1.165) is 25.7 Å². The molecule has 1 aliphatic heterocycles. The van der Waals surface area contributed by atoms with Crippen molar-refractivity contribution in [1.29, 1.82) is 0 Å². The van der Waals surface area contributed by atoms with E-state index < -0.39 is 27.9 Å². The zero-order valence-corrected chi connectivity index (χ0v) is 16.7. The molecule has 0 bridgehead atoms. The highest BCUT2D eigenvalue weighted by atomic mass is 32.2. The molecule has 0 spiro atoms.